The van der Waals surface area contributed by atoms with Crippen LogP contribution in [-0.2, 0) is 4.79 Å². The molecule has 0 spiro atoms. The second-order valence-corrected chi connectivity index (χ2v) is 6.90. The molecule has 4 nitrogen and oxygen atoms in total. The van der Waals surface area contributed by atoms with Crippen molar-refractivity contribution in [3.05, 3.63) is 18.2 Å². The number of ether oxygens (including phenoxy) is 2. The van der Waals surface area contributed by atoms with Crippen LogP contribution in [0.1, 0.15) is 84.0 Å². The van der Waals surface area contributed by atoms with Crippen LogP contribution in [0.3, 0.4) is 0 Å². The summed E-state index contributed by atoms with van der Waals surface area (Å²) in [5.74, 6) is 1.39. The number of benzene rings is 1. The van der Waals surface area contributed by atoms with Gasteiger partial charge >= 0.3 is 0 Å². The van der Waals surface area contributed by atoms with Crippen molar-refractivity contribution >= 4 is 11.6 Å². The molecule has 0 aliphatic carbocycles. The summed E-state index contributed by atoms with van der Waals surface area (Å²) in [6, 6.07) is 5.41. The van der Waals surface area contributed by atoms with Crippen molar-refractivity contribution in [1.82, 2.24) is 0 Å². The highest BCUT2D eigenvalue weighted by atomic mass is 16.5. The van der Waals surface area contributed by atoms with Crippen molar-refractivity contribution in [2.24, 2.45) is 0 Å². The fraction of sp³-hybridized carbons (Fsp3) is 0.682. The lowest BCUT2D eigenvalue weighted by atomic mass is 10.1. The standard InChI is InChI=1S/C22H37NO3/c1-4-5-6-7-8-9-10-11-12-13-14-15-22(24)23-20-18-19(25-2)16-17-21(20)26-3/h16-18H,4-15H2,1-3H3,(H,23,24). The van der Waals surface area contributed by atoms with Gasteiger partial charge in [-0.15, -0.1) is 0 Å². The van der Waals surface area contributed by atoms with E-state index in [0.717, 1.165) is 12.8 Å². The summed E-state index contributed by atoms with van der Waals surface area (Å²) in [4.78, 5) is 12.1. The fourth-order valence-corrected chi connectivity index (χ4v) is 3.07. The predicted molar refractivity (Wildman–Crippen MR) is 109 cm³/mol. The van der Waals surface area contributed by atoms with Crippen LogP contribution < -0.4 is 14.8 Å². The normalized spacial score (nSPS) is 10.6. The maximum Gasteiger partial charge on any atom is 0.224 e. The summed E-state index contributed by atoms with van der Waals surface area (Å²) in [6.45, 7) is 2.26. The summed E-state index contributed by atoms with van der Waals surface area (Å²) < 4.78 is 10.5. The van der Waals surface area contributed by atoms with Gasteiger partial charge in [-0.3, -0.25) is 4.79 Å². The maximum atomic E-state index is 12.1. The average Bonchev–Trinajstić information content (AvgIpc) is 2.66. The summed E-state index contributed by atoms with van der Waals surface area (Å²) in [7, 11) is 3.21. The number of amides is 1. The average molecular weight is 364 g/mol. The first kappa shape index (κ1) is 22.3. The SMILES string of the molecule is CCCCCCCCCCCCCC(=O)Nc1cc(OC)ccc1OC. The molecule has 0 aliphatic rings. The van der Waals surface area contributed by atoms with E-state index in [9.17, 15) is 4.79 Å². The van der Waals surface area contributed by atoms with Crippen LogP contribution in [0, 0.1) is 0 Å². The Kier molecular flexibility index (Phi) is 12.4. The molecule has 0 heterocycles. The third-order valence-corrected chi connectivity index (χ3v) is 4.69. The van der Waals surface area contributed by atoms with E-state index >= 15 is 0 Å². The Morgan fingerprint density at radius 2 is 1.42 bits per heavy atom. The van der Waals surface area contributed by atoms with E-state index in [1.807, 2.05) is 6.07 Å². The van der Waals surface area contributed by atoms with Crippen LogP contribution in [0.25, 0.3) is 0 Å². The van der Waals surface area contributed by atoms with Gasteiger partial charge in [-0.05, 0) is 18.6 Å². The lowest BCUT2D eigenvalue weighted by molar-refractivity contribution is -0.116. The van der Waals surface area contributed by atoms with Gasteiger partial charge in [0.25, 0.3) is 0 Å². The lowest BCUT2D eigenvalue weighted by Gasteiger charge is -2.11. The monoisotopic (exact) mass is 363 g/mol. The number of methoxy groups -OCH3 is 2. The number of unbranched alkanes of at least 4 members (excludes halogenated alkanes) is 10. The zero-order chi connectivity index (χ0) is 19.0. The van der Waals surface area contributed by atoms with Crippen LogP contribution in [-0.4, -0.2) is 20.1 Å². The van der Waals surface area contributed by atoms with Crippen LogP contribution in [0.15, 0.2) is 18.2 Å². The minimum atomic E-state index is 0.0347. The minimum absolute atomic E-state index is 0.0347. The smallest absolute Gasteiger partial charge is 0.224 e. The molecule has 0 saturated carbocycles. The lowest BCUT2D eigenvalue weighted by Crippen LogP contribution is -2.12. The molecule has 1 aromatic rings. The van der Waals surface area contributed by atoms with Gasteiger partial charge in [0.15, 0.2) is 0 Å². The second-order valence-electron chi connectivity index (χ2n) is 6.90. The number of hydrogen-bond acceptors (Lipinski definition) is 3. The molecule has 1 rings (SSSR count). The van der Waals surface area contributed by atoms with E-state index in [1.165, 1.54) is 57.8 Å². The van der Waals surface area contributed by atoms with Crippen LogP contribution in [0.4, 0.5) is 5.69 Å². The molecule has 0 saturated heterocycles. The molecule has 1 N–H and O–H groups in total. The fourth-order valence-electron chi connectivity index (χ4n) is 3.07. The van der Waals surface area contributed by atoms with Crippen LogP contribution >= 0.6 is 0 Å². The highest BCUT2D eigenvalue weighted by molar-refractivity contribution is 5.92. The molecule has 148 valence electrons. The van der Waals surface area contributed by atoms with Crippen molar-refractivity contribution in [3.8, 4) is 11.5 Å². The Morgan fingerprint density at radius 1 is 0.846 bits per heavy atom. The van der Waals surface area contributed by atoms with Crippen molar-refractivity contribution in [2.75, 3.05) is 19.5 Å². The van der Waals surface area contributed by atoms with Gasteiger partial charge < -0.3 is 14.8 Å². The van der Waals surface area contributed by atoms with Gasteiger partial charge in [-0.2, -0.15) is 0 Å². The molecule has 4 heteroatoms. The van der Waals surface area contributed by atoms with Gasteiger partial charge in [0.1, 0.15) is 11.5 Å². The summed E-state index contributed by atoms with van der Waals surface area (Å²) in [5.41, 5.74) is 0.667. The van der Waals surface area contributed by atoms with E-state index in [0.29, 0.717) is 23.6 Å². The molecule has 0 unspecified atom stereocenters. The molecular weight excluding hydrogens is 326 g/mol. The first-order chi connectivity index (χ1) is 12.7. The van der Waals surface area contributed by atoms with Crippen molar-refractivity contribution in [1.29, 1.82) is 0 Å². The van der Waals surface area contributed by atoms with E-state index in [2.05, 4.69) is 12.2 Å². The highest BCUT2D eigenvalue weighted by Gasteiger charge is 2.09. The Balaban J connectivity index is 2.10. The highest BCUT2D eigenvalue weighted by Crippen LogP contribution is 2.29. The Morgan fingerprint density at radius 3 is 1.96 bits per heavy atom. The second kappa shape index (κ2) is 14.5. The molecule has 0 aliphatic heterocycles. The zero-order valence-corrected chi connectivity index (χ0v) is 16.9. The van der Waals surface area contributed by atoms with Crippen molar-refractivity contribution < 1.29 is 14.3 Å². The molecule has 26 heavy (non-hydrogen) atoms. The molecule has 1 amide bonds. The van der Waals surface area contributed by atoms with E-state index in [1.54, 1.807) is 26.4 Å². The number of rotatable bonds is 15. The topological polar surface area (TPSA) is 47.6 Å². The molecule has 0 atom stereocenters. The Labute approximate surface area is 159 Å². The summed E-state index contributed by atoms with van der Waals surface area (Å²) >= 11 is 0. The number of carbonyl (C=O) groups excluding carboxylic acids is 1. The molecule has 1 aromatic carbocycles. The van der Waals surface area contributed by atoms with E-state index in [4.69, 9.17) is 9.47 Å². The van der Waals surface area contributed by atoms with Gasteiger partial charge in [-0.25, -0.2) is 0 Å². The van der Waals surface area contributed by atoms with Crippen LogP contribution in [0.5, 0.6) is 11.5 Å². The van der Waals surface area contributed by atoms with Gasteiger partial charge in [-0.1, -0.05) is 71.1 Å². The van der Waals surface area contributed by atoms with Crippen LogP contribution in [0.2, 0.25) is 0 Å². The minimum Gasteiger partial charge on any atom is -0.497 e. The zero-order valence-electron chi connectivity index (χ0n) is 16.9. The summed E-state index contributed by atoms with van der Waals surface area (Å²) in [6.07, 6.45) is 14.7. The first-order valence-corrected chi connectivity index (χ1v) is 10.2. The molecule has 0 bridgehead atoms. The van der Waals surface area contributed by atoms with Gasteiger partial charge in [0.2, 0.25) is 5.91 Å². The Hall–Kier alpha value is -1.71. The van der Waals surface area contributed by atoms with E-state index in [-0.39, 0.29) is 5.91 Å². The third kappa shape index (κ3) is 9.69. The number of nitrogens with one attached hydrogen (secondary N) is 1. The molecular formula is C22H37NO3. The summed E-state index contributed by atoms with van der Waals surface area (Å²) in [5, 5.41) is 2.93. The quantitative estimate of drug-likeness (QED) is 0.370. The Bertz CT molecular complexity index is 502. The number of anilines is 1. The maximum absolute atomic E-state index is 12.1. The third-order valence-electron chi connectivity index (χ3n) is 4.69. The van der Waals surface area contributed by atoms with Crippen molar-refractivity contribution in [2.45, 2.75) is 84.0 Å². The number of carbonyl (C=O) groups is 1. The molecule has 0 radical (unpaired) electrons. The molecule has 0 fully saturated rings. The molecule has 0 aromatic heterocycles. The van der Waals surface area contributed by atoms with E-state index < -0.39 is 0 Å². The van der Waals surface area contributed by atoms with Crippen molar-refractivity contribution in [3.63, 3.8) is 0 Å². The largest absolute Gasteiger partial charge is 0.497 e. The van der Waals surface area contributed by atoms with Gasteiger partial charge in [0, 0.05) is 12.5 Å². The predicted octanol–water partition coefficient (Wildman–Crippen LogP) is 6.34. The number of hydrogen-bond donors (Lipinski definition) is 1. The van der Waals surface area contributed by atoms with Gasteiger partial charge in [0.05, 0.1) is 19.9 Å². The first-order valence-electron chi connectivity index (χ1n) is 10.2.